The van der Waals surface area contributed by atoms with Crippen molar-refractivity contribution in [3.63, 3.8) is 0 Å². The Hall–Kier alpha value is -1.99. The zero-order valence-electron chi connectivity index (χ0n) is 13.0. The number of rotatable bonds is 5. The van der Waals surface area contributed by atoms with Gasteiger partial charge in [0.05, 0.1) is 6.42 Å². The summed E-state index contributed by atoms with van der Waals surface area (Å²) in [6.45, 7) is 0. The molecule has 4 rings (SSSR count). The molecule has 25 heavy (non-hydrogen) atoms. The number of carbonyl (C=O) groups excluding carboxylic acids is 1. The first kappa shape index (κ1) is 16.5. The molecule has 2 N–H and O–H groups in total. The maximum absolute atomic E-state index is 12.9. The molecule has 0 radical (unpaired) electrons. The van der Waals surface area contributed by atoms with Crippen molar-refractivity contribution < 1.29 is 15.0 Å². The third kappa shape index (κ3) is 2.81. The van der Waals surface area contributed by atoms with Gasteiger partial charge in [0.25, 0.3) is 0 Å². The third-order valence-electron chi connectivity index (χ3n) is 4.10. The van der Waals surface area contributed by atoms with Gasteiger partial charge in [-0.3, -0.25) is 4.79 Å². The van der Waals surface area contributed by atoms with Gasteiger partial charge in [0.1, 0.15) is 16.2 Å². The fourth-order valence-electron chi connectivity index (χ4n) is 2.86. The number of hydrogen-bond acceptors (Lipinski definition) is 6. The Morgan fingerprint density at radius 2 is 1.60 bits per heavy atom. The highest BCUT2D eigenvalue weighted by molar-refractivity contribution is 7.21. The van der Waals surface area contributed by atoms with Crippen molar-refractivity contribution in [2.24, 2.45) is 0 Å². The Morgan fingerprint density at radius 3 is 2.16 bits per heavy atom. The highest BCUT2D eigenvalue weighted by Crippen LogP contribution is 2.42. The van der Waals surface area contributed by atoms with E-state index in [9.17, 15) is 15.0 Å². The molecular formula is C19H14O3S3. The van der Waals surface area contributed by atoms with Gasteiger partial charge in [-0.15, -0.1) is 34.0 Å². The molecule has 3 nitrogen and oxygen atoms in total. The van der Waals surface area contributed by atoms with Crippen LogP contribution >= 0.6 is 34.0 Å². The number of aromatic hydroxyl groups is 1. The molecule has 4 aromatic rings. The van der Waals surface area contributed by atoms with E-state index in [1.807, 2.05) is 53.2 Å². The van der Waals surface area contributed by atoms with Crippen LogP contribution in [-0.2, 0) is 5.60 Å². The maximum Gasteiger partial charge on any atom is 0.180 e. The van der Waals surface area contributed by atoms with Crippen LogP contribution in [0.2, 0.25) is 0 Å². The van der Waals surface area contributed by atoms with E-state index in [0.717, 1.165) is 14.5 Å². The van der Waals surface area contributed by atoms with Crippen LogP contribution in [-0.4, -0.2) is 16.0 Å². The van der Waals surface area contributed by atoms with Crippen LogP contribution in [0.4, 0.5) is 0 Å². The lowest BCUT2D eigenvalue weighted by Crippen LogP contribution is -2.28. The third-order valence-corrected chi connectivity index (χ3v) is 7.34. The fraction of sp³-hybridized carbons (Fsp3) is 0.105. The topological polar surface area (TPSA) is 57.5 Å². The summed E-state index contributed by atoms with van der Waals surface area (Å²) in [5.74, 6) is -0.256. The summed E-state index contributed by atoms with van der Waals surface area (Å²) in [6.07, 6.45) is -0.103. The predicted octanol–water partition coefficient (Wildman–Crippen LogP) is 5.24. The van der Waals surface area contributed by atoms with Crippen molar-refractivity contribution in [3.8, 4) is 5.75 Å². The van der Waals surface area contributed by atoms with Crippen LogP contribution in [0.1, 0.15) is 25.8 Å². The molecule has 126 valence electrons. The number of thiophene rings is 3. The second-order valence-electron chi connectivity index (χ2n) is 5.69. The molecule has 0 atom stereocenters. The van der Waals surface area contributed by atoms with Crippen LogP contribution in [0.15, 0.2) is 59.3 Å². The zero-order chi connectivity index (χ0) is 17.4. The number of ketones is 1. The Balaban J connectivity index is 1.75. The zero-order valence-corrected chi connectivity index (χ0v) is 15.5. The first-order valence-electron chi connectivity index (χ1n) is 7.63. The highest BCUT2D eigenvalue weighted by Gasteiger charge is 2.37. The van der Waals surface area contributed by atoms with E-state index >= 15 is 0 Å². The van der Waals surface area contributed by atoms with Gasteiger partial charge in [-0.25, -0.2) is 0 Å². The summed E-state index contributed by atoms with van der Waals surface area (Å²) in [5.41, 5.74) is -1.37. The molecule has 0 saturated carbocycles. The Labute approximate surface area is 156 Å². The average molecular weight is 387 g/mol. The number of Topliss-reactive ketones (excluding diaryl/α,β-unsaturated/α-hetero) is 1. The first-order chi connectivity index (χ1) is 12.1. The molecular weight excluding hydrogens is 372 g/mol. The summed E-state index contributed by atoms with van der Waals surface area (Å²) >= 11 is 4.10. The molecule has 0 bridgehead atoms. The van der Waals surface area contributed by atoms with E-state index in [-0.39, 0.29) is 18.0 Å². The Morgan fingerprint density at radius 1 is 0.960 bits per heavy atom. The lowest BCUT2D eigenvalue weighted by atomic mass is 9.92. The van der Waals surface area contributed by atoms with Crippen molar-refractivity contribution in [1.82, 2.24) is 0 Å². The number of benzene rings is 1. The number of carbonyl (C=O) groups is 1. The first-order valence-corrected chi connectivity index (χ1v) is 10.2. The number of fused-ring (bicyclic) bond motifs is 1. The molecule has 0 spiro atoms. The number of aliphatic hydroxyl groups is 1. The van der Waals surface area contributed by atoms with Crippen LogP contribution in [0, 0.1) is 0 Å². The normalized spacial score (nSPS) is 11.9. The van der Waals surface area contributed by atoms with Gasteiger partial charge in [-0.05, 0) is 35.0 Å². The van der Waals surface area contributed by atoms with Crippen molar-refractivity contribution in [2.75, 3.05) is 0 Å². The van der Waals surface area contributed by atoms with Gasteiger partial charge in [0, 0.05) is 19.8 Å². The maximum atomic E-state index is 12.9. The van der Waals surface area contributed by atoms with Gasteiger partial charge in [0.15, 0.2) is 5.78 Å². The molecule has 6 heteroatoms. The van der Waals surface area contributed by atoms with Crippen molar-refractivity contribution in [2.45, 2.75) is 12.0 Å². The van der Waals surface area contributed by atoms with Gasteiger partial charge in [-0.2, -0.15) is 0 Å². The SMILES string of the molecule is O=C(CC(O)(c1cccs1)c1cccs1)c1sc2ccccc2c1O. The molecule has 3 heterocycles. The van der Waals surface area contributed by atoms with Crippen molar-refractivity contribution >= 4 is 49.9 Å². The quantitative estimate of drug-likeness (QED) is 0.461. The summed E-state index contributed by atoms with van der Waals surface area (Å²) in [7, 11) is 0. The molecule has 0 saturated heterocycles. The van der Waals surface area contributed by atoms with E-state index in [1.165, 1.54) is 34.0 Å². The summed E-state index contributed by atoms with van der Waals surface area (Å²) in [6, 6.07) is 14.8. The van der Waals surface area contributed by atoms with E-state index in [4.69, 9.17) is 0 Å². The second kappa shape index (κ2) is 6.38. The molecule has 0 unspecified atom stereocenters. The van der Waals surface area contributed by atoms with Gasteiger partial charge >= 0.3 is 0 Å². The Bertz CT molecular complexity index is 980. The highest BCUT2D eigenvalue weighted by atomic mass is 32.1. The summed E-state index contributed by atoms with van der Waals surface area (Å²) in [4.78, 5) is 14.7. The number of hydrogen-bond donors (Lipinski definition) is 2. The smallest absolute Gasteiger partial charge is 0.180 e. The van der Waals surface area contributed by atoms with Gasteiger partial charge in [-0.1, -0.05) is 24.3 Å². The molecule has 0 aliphatic rings. The van der Waals surface area contributed by atoms with E-state index < -0.39 is 5.60 Å². The average Bonchev–Trinajstić information content (AvgIpc) is 3.36. The van der Waals surface area contributed by atoms with E-state index in [2.05, 4.69) is 0 Å². The molecule has 0 aliphatic heterocycles. The van der Waals surface area contributed by atoms with Crippen LogP contribution in [0.3, 0.4) is 0 Å². The minimum absolute atomic E-state index is 0.00492. The fourth-order valence-corrected chi connectivity index (χ4v) is 5.63. The minimum atomic E-state index is -1.37. The van der Waals surface area contributed by atoms with Crippen LogP contribution < -0.4 is 0 Å². The van der Waals surface area contributed by atoms with E-state index in [1.54, 1.807) is 6.07 Å². The van der Waals surface area contributed by atoms with Gasteiger partial charge < -0.3 is 10.2 Å². The second-order valence-corrected chi connectivity index (χ2v) is 8.64. The standard InChI is InChI=1S/C19H14O3S3/c20-13(18-17(21)12-5-1-2-6-14(12)25-18)11-19(22,15-7-3-9-23-15)16-8-4-10-24-16/h1-10,21-22H,11H2. The largest absolute Gasteiger partial charge is 0.506 e. The van der Waals surface area contributed by atoms with Crippen molar-refractivity contribution in [1.29, 1.82) is 0 Å². The monoisotopic (exact) mass is 386 g/mol. The lowest BCUT2D eigenvalue weighted by molar-refractivity contribution is 0.0627. The summed E-state index contributed by atoms with van der Waals surface area (Å²) in [5, 5.41) is 26.2. The summed E-state index contributed by atoms with van der Waals surface area (Å²) < 4.78 is 0.860. The molecule has 0 amide bonds. The lowest BCUT2D eigenvalue weighted by Gasteiger charge is -2.25. The molecule has 0 fully saturated rings. The van der Waals surface area contributed by atoms with E-state index in [0.29, 0.717) is 10.3 Å². The minimum Gasteiger partial charge on any atom is -0.506 e. The molecule has 3 aromatic heterocycles. The van der Waals surface area contributed by atoms with Gasteiger partial charge in [0.2, 0.25) is 0 Å². The molecule has 1 aromatic carbocycles. The predicted molar refractivity (Wildman–Crippen MR) is 104 cm³/mol. The van der Waals surface area contributed by atoms with Crippen LogP contribution in [0.5, 0.6) is 5.75 Å². The molecule has 0 aliphatic carbocycles. The van der Waals surface area contributed by atoms with Crippen LogP contribution in [0.25, 0.3) is 10.1 Å². The Kier molecular flexibility index (Phi) is 4.21. The van der Waals surface area contributed by atoms with Crippen molar-refractivity contribution in [3.05, 3.63) is 73.9 Å².